The highest BCUT2D eigenvalue weighted by Crippen LogP contribution is 2.10. The van der Waals surface area contributed by atoms with Gasteiger partial charge in [0.1, 0.15) is 13.2 Å². The van der Waals surface area contributed by atoms with E-state index < -0.39 is 0 Å². The van der Waals surface area contributed by atoms with Crippen molar-refractivity contribution in [2.75, 3.05) is 39.5 Å². The lowest BCUT2D eigenvalue weighted by Gasteiger charge is -2.21. The van der Waals surface area contributed by atoms with Crippen LogP contribution in [0.5, 0.6) is 0 Å². The minimum Gasteiger partial charge on any atom is -0.461 e. The van der Waals surface area contributed by atoms with Crippen LogP contribution in [0.4, 0.5) is 0 Å². The molecule has 0 unspecified atom stereocenters. The number of rotatable bonds is 34. The number of unbranched alkanes of at least 4 members (excludes halogenated alkanes) is 18. The fourth-order valence-corrected chi connectivity index (χ4v) is 5.28. The van der Waals surface area contributed by atoms with Gasteiger partial charge in [-0.3, -0.25) is 9.59 Å². The molecule has 0 heterocycles. The lowest BCUT2D eigenvalue weighted by molar-refractivity contribution is -0.143. The van der Waals surface area contributed by atoms with Crippen LogP contribution in [0.15, 0.2) is 24.3 Å². The van der Waals surface area contributed by atoms with Crippen LogP contribution in [0.3, 0.4) is 0 Å². The Morgan fingerprint density at radius 3 is 1.34 bits per heavy atom. The summed E-state index contributed by atoms with van der Waals surface area (Å²) in [5.74, 6) is -0.197. The maximum atomic E-state index is 12.0. The third kappa shape index (κ3) is 33.2. The van der Waals surface area contributed by atoms with E-state index in [1.54, 1.807) is 0 Å². The third-order valence-electron chi connectivity index (χ3n) is 8.09. The van der Waals surface area contributed by atoms with Crippen LogP contribution in [0.2, 0.25) is 0 Å². The van der Waals surface area contributed by atoms with Crippen LogP contribution < -0.4 is 0 Å². The summed E-state index contributed by atoms with van der Waals surface area (Å²) >= 11 is 0. The summed E-state index contributed by atoms with van der Waals surface area (Å²) < 4.78 is 10.6. The standard InChI is InChI=1S/C38H71NO5/c1-3-5-7-9-11-13-15-20-27-35-43-37(41)29-23-18-17-19-25-31-39(33-34-40)32-26-22-24-30-38(42)44-36-28-21-16-14-12-10-8-6-4-2/h20-21,27-28,40H,3-19,22-26,29-36H2,1-2H3/b27-20-,28-21-. The highest BCUT2D eigenvalue weighted by Gasteiger charge is 2.06. The van der Waals surface area contributed by atoms with Crippen molar-refractivity contribution in [1.82, 2.24) is 4.90 Å². The molecule has 0 bridgehead atoms. The van der Waals surface area contributed by atoms with E-state index >= 15 is 0 Å². The van der Waals surface area contributed by atoms with E-state index in [2.05, 4.69) is 30.9 Å². The Labute approximate surface area is 272 Å². The molecule has 44 heavy (non-hydrogen) atoms. The number of esters is 2. The molecule has 258 valence electrons. The second-order valence-electron chi connectivity index (χ2n) is 12.3. The van der Waals surface area contributed by atoms with Gasteiger partial charge in [0.2, 0.25) is 0 Å². The predicted octanol–water partition coefficient (Wildman–Crippen LogP) is 9.88. The van der Waals surface area contributed by atoms with E-state index in [0.29, 0.717) is 32.6 Å². The average molecular weight is 622 g/mol. The largest absolute Gasteiger partial charge is 0.461 e. The molecule has 0 aliphatic rings. The zero-order valence-corrected chi connectivity index (χ0v) is 29.1. The van der Waals surface area contributed by atoms with Gasteiger partial charge in [-0.2, -0.15) is 0 Å². The lowest BCUT2D eigenvalue weighted by Crippen LogP contribution is -2.29. The number of hydrogen-bond acceptors (Lipinski definition) is 6. The molecule has 0 rings (SSSR count). The summed E-state index contributed by atoms with van der Waals surface area (Å²) in [5, 5.41) is 9.43. The van der Waals surface area contributed by atoms with Crippen molar-refractivity contribution in [2.24, 2.45) is 0 Å². The van der Waals surface area contributed by atoms with Gasteiger partial charge in [0.25, 0.3) is 0 Å². The molecule has 0 aromatic heterocycles. The predicted molar refractivity (Wildman–Crippen MR) is 186 cm³/mol. The number of aliphatic hydroxyl groups excluding tert-OH is 1. The van der Waals surface area contributed by atoms with Gasteiger partial charge >= 0.3 is 11.9 Å². The quantitative estimate of drug-likeness (QED) is 0.0438. The first kappa shape index (κ1) is 42.3. The van der Waals surface area contributed by atoms with Crippen LogP contribution in [0, 0.1) is 0 Å². The SMILES string of the molecule is CCCCCCCC/C=C\COC(=O)CCCCCCCN(CCO)CCCCCC(=O)OC/C=C\CCCCCCCC. The number of aliphatic hydroxyl groups is 1. The zero-order chi connectivity index (χ0) is 32.2. The molecule has 0 aromatic carbocycles. The van der Waals surface area contributed by atoms with Crippen molar-refractivity contribution in [2.45, 2.75) is 168 Å². The number of carbonyl (C=O) groups excluding carboxylic acids is 2. The number of hydrogen-bond donors (Lipinski definition) is 1. The average Bonchev–Trinajstić information content (AvgIpc) is 3.02. The smallest absolute Gasteiger partial charge is 0.306 e. The van der Waals surface area contributed by atoms with Crippen molar-refractivity contribution in [3.8, 4) is 0 Å². The van der Waals surface area contributed by atoms with Crippen molar-refractivity contribution < 1.29 is 24.2 Å². The molecular formula is C38H71NO5. The molecule has 0 saturated carbocycles. The monoisotopic (exact) mass is 622 g/mol. The van der Waals surface area contributed by atoms with Crippen LogP contribution in [-0.4, -0.2) is 61.4 Å². The molecule has 0 radical (unpaired) electrons. The first-order valence-electron chi connectivity index (χ1n) is 18.6. The molecule has 0 amide bonds. The maximum absolute atomic E-state index is 12.0. The fraction of sp³-hybridized carbons (Fsp3) is 0.842. The summed E-state index contributed by atoms with van der Waals surface area (Å²) in [5.41, 5.74) is 0. The van der Waals surface area contributed by atoms with Crippen LogP contribution in [-0.2, 0) is 19.1 Å². The van der Waals surface area contributed by atoms with E-state index in [0.717, 1.165) is 77.3 Å². The van der Waals surface area contributed by atoms with E-state index in [4.69, 9.17) is 9.47 Å². The first-order chi connectivity index (χ1) is 21.6. The molecule has 6 heteroatoms. The lowest BCUT2D eigenvalue weighted by atomic mass is 10.1. The van der Waals surface area contributed by atoms with E-state index in [-0.39, 0.29) is 18.5 Å². The molecule has 0 spiro atoms. The highest BCUT2D eigenvalue weighted by molar-refractivity contribution is 5.69. The summed E-state index contributed by atoms with van der Waals surface area (Å²) in [6.45, 7) is 8.09. The van der Waals surface area contributed by atoms with Gasteiger partial charge in [0, 0.05) is 19.4 Å². The molecule has 0 saturated heterocycles. The number of carbonyl (C=O) groups is 2. The normalized spacial score (nSPS) is 11.7. The van der Waals surface area contributed by atoms with Gasteiger partial charge in [-0.25, -0.2) is 0 Å². The fourth-order valence-electron chi connectivity index (χ4n) is 5.28. The topological polar surface area (TPSA) is 76.1 Å². The number of nitrogens with zero attached hydrogens (tertiary/aromatic N) is 1. The Bertz CT molecular complexity index is 678. The van der Waals surface area contributed by atoms with Gasteiger partial charge < -0.3 is 19.5 Å². The van der Waals surface area contributed by atoms with E-state index in [1.165, 1.54) is 77.0 Å². The third-order valence-corrected chi connectivity index (χ3v) is 8.09. The van der Waals surface area contributed by atoms with Crippen LogP contribution in [0.1, 0.15) is 168 Å². The van der Waals surface area contributed by atoms with Gasteiger partial charge in [0.05, 0.1) is 6.61 Å². The van der Waals surface area contributed by atoms with E-state index in [9.17, 15) is 14.7 Å². The molecule has 1 N–H and O–H groups in total. The number of allylic oxidation sites excluding steroid dienone is 2. The minimum absolute atomic E-state index is 0.0905. The summed E-state index contributed by atoms with van der Waals surface area (Å²) in [7, 11) is 0. The Balaban J connectivity index is 3.63. The Hall–Kier alpha value is -1.66. The molecule has 0 aliphatic heterocycles. The van der Waals surface area contributed by atoms with Crippen LogP contribution in [0.25, 0.3) is 0 Å². The van der Waals surface area contributed by atoms with Crippen molar-refractivity contribution in [1.29, 1.82) is 0 Å². The Morgan fingerprint density at radius 2 is 0.886 bits per heavy atom. The van der Waals surface area contributed by atoms with Gasteiger partial charge in [0.15, 0.2) is 0 Å². The molecule has 6 nitrogen and oxygen atoms in total. The van der Waals surface area contributed by atoms with Crippen molar-refractivity contribution in [3.63, 3.8) is 0 Å². The molecule has 0 atom stereocenters. The van der Waals surface area contributed by atoms with Crippen molar-refractivity contribution >= 4 is 11.9 Å². The van der Waals surface area contributed by atoms with E-state index in [1.807, 2.05) is 12.2 Å². The van der Waals surface area contributed by atoms with Gasteiger partial charge in [-0.05, 0) is 64.5 Å². The second-order valence-corrected chi connectivity index (χ2v) is 12.3. The van der Waals surface area contributed by atoms with Crippen molar-refractivity contribution in [3.05, 3.63) is 24.3 Å². The molecule has 0 aromatic rings. The molecule has 0 aliphatic carbocycles. The Morgan fingerprint density at radius 1 is 0.500 bits per heavy atom. The van der Waals surface area contributed by atoms with Gasteiger partial charge in [-0.15, -0.1) is 0 Å². The summed E-state index contributed by atoms with van der Waals surface area (Å²) in [6.07, 6.45) is 35.2. The maximum Gasteiger partial charge on any atom is 0.306 e. The summed E-state index contributed by atoms with van der Waals surface area (Å²) in [6, 6.07) is 0. The molecule has 0 fully saturated rings. The van der Waals surface area contributed by atoms with Crippen LogP contribution >= 0.6 is 0 Å². The zero-order valence-electron chi connectivity index (χ0n) is 29.1. The number of ether oxygens (including phenoxy) is 2. The van der Waals surface area contributed by atoms with Gasteiger partial charge in [-0.1, -0.05) is 128 Å². The highest BCUT2D eigenvalue weighted by atomic mass is 16.5. The second kappa shape index (κ2) is 35.8. The molecular weight excluding hydrogens is 550 g/mol. The first-order valence-corrected chi connectivity index (χ1v) is 18.6. The summed E-state index contributed by atoms with van der Waals surface area (Å²) in [4.78, 5) is 26.2. The minimum atomic E-state index is -0.106. The Kier molecular flexibility index (Phi) is 34.5.